The van der Waals surface area contributed by atoms with E-state index in [0.717, 1.165) is 0 Å². The van der Waals surface area contributed by atoms with Gasteiger partial charge >= 0.3 is 0 Å². The van der Waals surface area contributed by atoms with Gasteiger partial charge in [0.15, 0.2) is 5.15 Å². The molecular formula is C11H7Cl2FN2O. The van der Waals surface area contributed by atoms with Crippen LogP contribution in [-0.4, -0.2) is 9.55 Å². The Bertz CT molecular complexity index is 613. The summed E-state index contributed by atoms with van der Waals surface area (Å²) in [5.74, 6) is -0.422. The van der Waals surface area contributed by atoms with Crippen LogP contribution in [0.3, 0.4) is 0 Å². The molecule has 0 aliphatic rings. The molecule has 0 amide bonds. The molecular weight excluding hydrogens is 266 g/mol. The predicted molar refractivity (Wildman–Crippen MR) is 64.0 cm³/mol. The largest absolute Gasteiger partial charge is 0.307 e. The molecule has 0 spiro atoms. The molecule has 0 atom stereocenters. The summed E-state index contributed by atoms with van der Waals surface area (Å²) in [5, 5.41) is 0.268. The van der Waals surface area contributed by atoms with Gasteiger partial charge < -0.3 is 4.57 Å². The minimum atomic E-state index is -0.464. The first-order valence-electron chi connectivity index (χ1n) is 4.73. The molecule has 0 saturated heterocycles. The number of benzene rings is 1. The lowest BCUT2D eigenvalue weighted by Gasteiger charge is -2.07. The second-order valence-corrected chi connectivity index (χ2v) is 4.18. The fraction of sp³-hybridized carbons (Fsp3) is 0.0909. The van der Waals surface area contributed by atoms with Gasteiger partial charge in [0.1, 0.15) is 5.82 Å². The molecule has 1 heterocycles. The first kappa shape index (κ1) is 12.1. The minimum absolute atomic E-state index is 0.0630. The Morgan fingerprint density at radius 3 is 2.88 bits per heavy atom. The van der Waals surface area contributed by atoms with Crippen molar-refractivity contribution in [3.05, 3.63) is 62.5 Å². The van der Waals surface area contributed by atoms with Crippen LogP contribution in [-0.2, 0) is 6.54 Å². The summed E-state index contributed by atoms with van der Waals surface area (Å²) in [6.07, 6.45) is 2.82. The molecule has 0 saturated carbocycles. The third kappa shape index (κ3) is 2.65. The normalized spacial score (nSPS) is 10.5. The highest BCUT2D eigenvalue weighted by atomic mass is 35.5. The van der Waals surface area contributed by atoms with Crippen LogP contribution < -0.4 is 5.56 Å². The fourth-order valence-corrected chi connectivity index (χ4v) is 1.75. The number of rotatable bonds is 2. The molecule has 0 N–H and O–H groups in total. The quantitative estimate of drug-likeness (QED) is 0.843. The van der Waals surface area contributed by atoms with Crippen LogP contribution in [0, 0.1) is 5.82 Å². The first-order chi connectivity index (χ1) is 8.08. The molecule has 6 heteroatoms. The van der Waals surface area contributed by atoms with Crippen molar-refractivity contribution < 1.29 is 4.39 Å². The average molecular weight is 273 g/mol. The molecule has 0 unspecified atom stereocenters. The van der Waals surface area contributed by atoms with Crippen LogP contribution in [0.5, 0.6) is 0 Å². The smallest absolute Gasteiger partial charge is 0.288 e. The van der Waals surface area contributed by atoms with Crippen molar-refractivity contribution in [3.8, 4) is 0 Å². The lowest BCUT2D eigenvalue weighted by molar-refractivity contribution is 0.595. The number of aromatic nitrogens is 2. The van der Waals surface area contributed by atoms with Gasteiger partial charge in [0.2, 0.25) is 0 Å². The van der Waals surface area contributed by atoms with Crippen molar-refractivity contribution in [1.82, 2.24) is 9.55 Å². The maximum absolute atomic E-state index is 13.5. The van der Waals surface area contributed by atoms with Gasteiger partial charge in [-0.25, -0.2) is 9.37 Å². The highest BCUT2D eigenvalue weighted by Gasteiger charge is 2.07. The van der Waals surface area contributed by atoms with E-state index in [1.807, 2.05) is 0 Å². The van der Waals surface area contributed by atoms with Crippen LogP contribution in [0.2, 0.25) is 10.2 Å². The molecule has 1 aromatic heterocycles. The van der Waals surface area contributed by atoms with E-state index in [4.69, 9.17) is 23.2 Å². The van der Waals surface area contributed by atoms with E-state index in [2.05, 4.69) is 4.98 Å². The molecule has 88 valence electrons. The SMILES string of the molecule is O=c1c(Cl)nccn1Cc1cc(Cl)ccc1F. The highest BCUT2D eigenvalue weighted by molar-refractivity contribution is 6.30. The van der Waals surface area contributed by atoms with Crippen molar-refractivity contribution in [2.24, 2.45) is 0 Å². The molecule has 0 bridgehead atoms. The van der Waals surface area contributed by atoms with Crippen molar-refractivity contribution in [2.75, 3.05) is 0 Å². The summed E-state index contributed by atoms with van der Waals surface area (Å²) < 4.78 is 14.7. The zero-order valence-corrected chi connectivity index (χ0v) is 10.0. The predicted octanol–water partition coefficient (Wildman–Crippen LogP) is 2.74. The van der Waals surface area contributed by atoms with E-state index >= 15 is 0 Å². The molecule has 0 aliphatic carbocycles. The number of hydrogen-bond donors (Lipinski definition) is 0. The Kier molecular flexibility index (Phi) is 3.45. The molecule has 1 aromatic carbocycles. The van der Waals surface area contributed by atoms with Gasteiger partial charge in [-0.3, -0.25) is 4.79 Å². The summed E-state index contributed by atoms with van der Waals surface area (Å²) in [6.45, 7) is 0.0630. The van der Waals surface area contributed by atoms with Crippen molar-refractivity contribution in [2.45, 2.75) is 6.54 Å². The van der Waals surface area contributed by atoms with Crippen LogP contribution in [0.15, 0.2) is 35.4 Å². The Labute approximate surface area is 106 Å². The van der Waals surface area contributed by atoms with Gasteiger partial charge in [-0.2, -0.15) is 0 Å². The molecule has 3 nitrogen and oxygen atoms in total. The summed E-state index contributed by atoms with van der Waals surface area (Å²) in [5.41, 5.74) is -0.143. The fourth-order valence-electron chi connectivity index (χ4n) is 1.39. The Morgan fingerprint density at radius 2 is 2.12 bits per heavy atom. The number of halogens is 3. The Morgan fingerprint density at radius 1 is 1.35 bits per heavy atom. The second-order valence-electron chi connectivity index (χ2n) is 3.39. The lowest BCUT2D eigenvalue weighted by atomic mass is 10.2. The zero-order valence-electron chi connectivity index (χ0n) is 8.53. The van der Waals surface area contributed by atoms with Crippen molar-refractivity contribution >= 4 is 23.2 Å². The van der Waals surface area contributed by atoms with Gasteiger partial charge in [-0.05, 0) is 18.2 Å². The summed E-state index contributed by atoms with van der Waals surface area (Å²) >= 11 is 11.3. The molecule has 0 fully saturated rings. The van der Waals surface area contributed by atoms with E-state index in [1.165, 1.54) is 35.2 Å². The van der Waals surface area contributed by atoms with Crippen LogP contribution >= 0.6 is 23.2 Å². The second kappa shape index (κ2) is 4.85. The van der Waals surface area contributed by atoms with Gasteiger partial charge in [-0.1, -0.05) is 23.2 Å². The van der Waals surface area contributed by atoms with Crippen LogP contribution in [0.4, 0.5) is 4.39 Å². The first-order valence-corrected chi connectivity index (χ1v) is 5.48. The molecule has 17 heavy (non-hydrogen) atoms. The van der Waals surface area contributed by atoms with E-state index in [1.54, 1.807) is 0 Å². The zero-order chi connectivity index (χ0) is 12.4. The topological polar surface area (TPSA) is 34.9 Å². The van der Waals surface area contributed by atoms with Crippen LogP contribution in [0.25, 0.3) is 0 Å². The van der Waals surface area contributed by atoms with E-state index in [0.29, 0.717) is 10.6 Å². The lowest BCUT2D eigenvalue weighted by Crippen LogP contribution is -2.21. The van der Waals surface area contributed by atoms with Gasteiger partial charge in [0.05, 0.1) is 6.54 Å². The van der Waals surface area contributed by atoms with Gasteiger partial charge in [0.25, 0.3) is 5.56 Å². The summed E-state index contributed by atoms with van der Waals surface area (Å²) in [6, 6.07) is 4.17. The van der Waals surface area contributed by atoms with Crippen LogP contribution in [0.1, 0.15) is 5.56 Å². The molecule has 2 rings (SSSR count). The molecule has 2 aromatic rings. The van der Waals surface area contributed by atoms with Crippen molar-refractivity contribution in [1.29, 1.82) is 0 Å². The third-order valence-corrected chi connectivity index (χ3v) is 2.71. The maximum atomic E-state index is 13.5. The van der Waals surface area contributed by atoms with E-state index in [9.17, 15) is 9.18 Å². The highest BCUT2D eigenvalue weighted by Crippen LogP contribution is 2.15. The maximum Gasteiger partial charge on any atom is 0.288 e. The molecule has 0 aliphatic heterocycles. The Balaban J connectivity index is 2.41. The Hall–Kier alpha value is -1.39. The van der Waals surface area contributed by atoms with Crippen molar-refractivity contribution in [3.63, 3.8) is 0 Å². The minimum Gasteiger partial charge on any atom is -0.307 e. The van der Waals surface area contributed by atoms with E-state index < -0.39 is 11.4 Å². The molecule has 0 radical (unpaired) electrons. The summed E-state index contributed by atoms with van der Waals surface area (Å²) in [7, 11) is 0. The average Bonchev–Trinajstić information content (AvgIpc) is 2.30. The third-order valence-electron chi connectivity index (χ3n) is 2.22. The monoisotopic (exact) mass is 272 g/mol. The van der Waals surface area contributed by atoms with E-state index in [-0.39, 0.29) is 11.7 Å². The standard InChI is InChI=1S/C11H7Cl2FN2O/c12-8-1-2-9(14)7(5-8)6-16-4-3-15-10(13)11(16)17/h1-5H,6H2. The summed E-state index contributed by atoms with van der Waals surface area (Å²) in [4.78, 5) is 15.2. The van der Waals surface area contributed by atoms with Gasteiger partial charge in [-0.15, -0.1) is 0 Å². The number of nitrogens with zero attached hydrogens (tertiary/aromatic N) is 2. The van der Waals surface area contributed by atoms with Gasteiger partial charge in [0, 0.05) is 23.0 Å². The number of hydrogen-bond acceptors (Lipinski definition) is 2.